The molecule has 1 N–H and O–H groups in total. The summed E-state index contributed by atoms with van der Waals surface area (Å²) >= 11 is 9.77. The highest BCUT2D eigenvalue weighted by Crippen LogP contribution is 2.43. The predicted molar refractivity (Wildman–Crippen MR) is 151 cm³/mol. The number of ether oxygens (including phenoxy) is 3. The van der Waals surface area contributed by atoms with Gasteiger partial charge in [-0.15, -0.1) is 0 Å². The summed E-state index contributed by atoms with van der Waals surface area (Å²) in [7, 11) is 4.72. The van der Waals surface area contributed by atoms with Crippen molar-refractivity contribution in [3.63, 3.8) is 0 Å². The molecule has 0 saturated carbocycles. The van der Waals surface area contributed by atoms with Crippen LogP contribution in [0.25, 0.3) is 0 Å². The smallest absolute Gasteiger partial charge is 0.227 e. The molecule has 0 bridgehead atoms. The molecule has 0 radical (unpaired) electrons. The van der Waals surface area contributed by atoms with Crippen molar-refractivity contribution in [2.24, 2.45) is 5.92 Å². The number of carbonyl (C=O) groups excluding carboxylic acids is 2. The SMILES string of the molecule is COc1ccc(N2C(=O)CCC(C(=O)N[C@@H](C)c3cc(Cl)ccc3Br)C2c2ccc(OC)c(OC)c2)cc1. The fourth-order valence-electron chi connectivity index (χ4n) is 4.88. The lowest BCUT2D eigenvalue weighted by molar-refractivity contribution is -0.129. The van der Waals surface area contributed by atoms with Crippen LogP contribution in [0.1, 0.15) is 43.0 Å². The minimum absolute atomic E-state index is 0.0652. The van der Waals surface area contributed by atoms with Gasteiger partial charge in [0.25, 0.3) is 0 Å². The van der Waals surface area contributed by atoms with E-state index in [1.165, 1.54) is 0 Å². The van der Waals surface area contributed by atoms with Crippen molar-refractivity contribution >= 4 is 45.0 Å². The van der Waals surface area contributed by atoms with Gasteiger partial charge >= 0.3 is 0 Å². The average Bonchev–Trinajstić information content (AvgIpc) is 2.93. The summed E-state index contributed by atoms with van der Waals surface area (Å²) < 4.78 is 17.1. The molecule has 7 nitrogen and oxygen atoms in total. The highest BCUT2D eigenvalue weighted by Gasteiger charge is 2.42. The number of hydrogen-bond acceptors (Lipinski definition) is 5. The molecule has 2 amide bonds. The molecule has 38 heavy (non-hydrogen) atoms. The van der Waals surface area contributed by atoms with E-state index < -0.39 is 12.0 Å². The molecule has 1 aliphatic rings. The number of carbonyl (C=O) groups is 2. The summed E-state index contributed by atoms with van der Waals surface area (Å²) in [6.45, 7) is 1.91. The zero-order chi connectivity index (χ0) is 27.4. The van der Waals surface area contributed by atoms with E-state index in [9.17, 15) is 9.59 Å². The third-order valence-corrected chi connectivity index (χ3v) is 7.77. The molecule has 0 aliphatic carbocycles. The minimum atomic E-state index is -0.570. The Kier molecular flexibility index (Phi) is 8.84. The van der Waals surface area contributed by atoms with Gasteiger partial charge in [-0.2, -0.15) is 0 Å². The van der Waals surface area contributed by atoms with Crippen molar-refractivity contribution in [2.45, 2.75) is 31.8 Å². The van der Waals surface area contributed by atoms with Crippen molar-refractivity contribution < 1.29 is 23.8 Å². The summed E-state index contributed by atoms with van der Waals surface area (Å²) in [5, 5.41) is 3.73. The van der Waals surface area contributed by atoms with Crippen LogP contribution in [0.2, 0.25) is 5.02 Å². The van der Waals surface area contributed by atoms with E-state index in [0.29, 0.717) is 34.4 Å². The number of nitrogens with zero attached hydrogens (tertiary/aromatic N) is 1. The number of rotatable bonds is 8. The van der Waals surface area contributed by atoms with Crippen molar-refractivity contribution in [3.8, 4) is 17.2 Å². The fraction of sp³-hybridized carbons (Fsp3) is 0.310. The standard InChI is InChI=1S/C29H30BrClN2O5/c1-17(23-16-19(31)6-12-24(23)30)32-29(35)22-11-14-27(34)33(20-7-9-21(36-2)10-8-20)28(22)18-5-13-25(37-3)26(15-18)38-4/h5-10,12-13,15-17,22,28H,11,14H2,1-4H3,(H,32,35)/t17-,22?,28?/m0/s1. The summed E-state index contributed by atoms with van der Waals surface area (Å²) in [4.78, 5) is 28.9. The molecule has 1 saturated heterocycles. The van der Waals surface area contributed by atoms with Gasteiger partial charge < -0.3 is 24.4 Å². The second-order valence-electron chi connectivity index (χ2n) is 9.06. The fourth-order valence-corrected chi connectivity index (χ4v) is 5.65. The highest BCUT2D eigenvalue weighted by molar-refractivity contribution is 9.10. The Morgan fingerprint density at radius 1 is 1.00 bits per heavy atom. The molecule has 9 heteroatoms. The summed E-state index contributed by atoms with van der Waals surface area (Å²) in [5.74, 6) is 1.02. The van der Waals surface area contributed by atoms with E-state index in [1.54, 1.807) is 50.5 Å². The second kappa shape index (κ2) is 12.1. The number of hydrogen-bond donors (Lipinski definition) is 1. The van der Waals surface area contributed by atoms with Crippen molar-refractivity contribution in [2.75, 3.05) is 26.2 Å². The number of benzene rings is 3. The van der Waals surface area contributed by atoms with Gasteiger partial charge in [-0.1, -0.05) is 33.6 Å². The second-order valence-corrected chi connectivity index (χ2v) is 10.4. The van der Waals surface area contributed by atoms with Gasteiger partial charge in [-0.25, -0.2) is 0 Å². The van der Waals surface area contributed by atoms with Crippen LogP contribution in [-0.2, 0) is 9.59 Å². The van der Waals surface area contributed by atoms with Gasteiger partial charge in [0.2, 0.25) is 11.8 Å². The molecule has 1 fully saturated rings. The first-order chi connectivity index (χ1) is 18.3. The van der Waals surface area contributed by atoms with Gasteiger partial charge in [0.05, 0.1) is 39.3 Å². The van der Waals surface area contributed by atoms with Crippen LogP contribution in [0.15, 0.2) is 65.1 Å². The van der Waals surface area contributed by atoms with Crippen LogP contribution < -0.4 is 24.4 Å². The Morgan fingerprint density at radius 2 is 1.71 bits per heavy atom. The van der Waals surface area contributed by atoms with E-state index >= 15 is 0 Å². The lowest BCUT2D eigenvalue weighted by atomic mass is 9.82. The quantitative estimate of drug-likeness (QED) is 0.319. The van der Waals surface area contributed by atoms with Gasteiger partial charge in [0, 0.05) is 21.6 Å². The van der Waals surface area contributed by atoms with Gasteiger partial charge in [0.15, 0.2) is 11.5 Å². The van der Waals surface area contributed by atoms with Gasteiger partial charge in [-0.3, -0.25) is 9.59 Å². The van der Waals surface area contributed by atoms with Crippen LogP contribution in [0.4, 0.5) is 5.69 Å². The first-order valence-electron chi connectivity index (χ1n) is 12.2. The molecule has 200 valence electrons. The van der Waals surface area contributed by atoms with Crippen LogP contribution in [-0.4, -0.2) is 33.1 Å². The summed E-state index contributed by atoms with van der Waals surface area (Å²) in [6.07, 6.45) is 0.642. The molecule has 3 atom stereocenters. The maximum Gasteiger partial charge on any atom is 0.227 e. The lowest BCUT2D eigenvalue weighted by Crippen LogP contribution is -2.48. The van der Waals surface area contributed by atoms with E-state index in [4.69, 9.17) is 25.8 Å². The molecule has 4 rings (SSSR count). The number of methoxy groups -OCH3 is 3. The summed E-state index contributed by atoms with van der Waals surface area (Å²) in [5.41, 5.74) is 2.31. The number of piperidine rings is 1. The summed E-state index contributed by atoms with van der Waals surface area (Å²) in [6, 6.07) is 17.4. The molecule has 0 spiro atoms. The van der Waals surface area contributed by atoms with E-state index in [2.05, 4.69) is 21.2 Å². The van der Waals surface area contributed by atoms with Crippen molar-refractivity contribution in [1.82, 2.24) is 5.32 Å². The third-order valence-electron chi connectivity index (χ3n) is 6.82. The normalized spacial score (nSPS) is 18.1. The minimum Gasteiger partial charge on any atom is -0.497 e. The van der Waals surface area contributed by atoms with Crippen LogP contribution >= 0.6 is 27.5 Å². The third kappa shape index (κ3) is 5.76. The highest BCUT2D eigenvalue weighted by atomic mass is 79.9. The molecule has 0 aromatic heterocycles. The van der Waals surface area contributed by atoms with Crippen molar-refractivity contribution in [1.29, 1.82) is 0 Å². The monoisotopic (exact) mass is 600 g/mol. The number of halogens is 2. The zero-order valence-corrected chi connectivity index (χ0v) is 24.0. The number of anilines is 1. The Bertz CT molecular complexity index is 1320. The molecule has 1 heterocycles. The Labute approximate surface area is 236 Å². The van der Waals surface area contributed by atoms with Crippen LogP contribution in [0.5, 0.6) is 17.2 Å². The Hall–Kier alpha value is -3.23. The molecule has 3 aromatic carbocycles. The van der Waals surface area contributed by atoms with Crippen LogP contribution in [0.3, 0.4) is 0 Å². The van der Waals surface area contributed by atoms with Crippen molar-refractivity contribution in [3.05, 3.63) is 81.3 Å². The molecule has 1 aliphatic heterocycles. The Morgan fingerprint density at radius 3 is 2.37 bits per heavy atom. The molecule has 3 aromatic rings. The molecular formula is C29H30BrClN2O5. The first-order valence-corrected chi connectivity index (χ1v) is 13.4. The Balaban J connectivity index is 1.75. The molecular weight excluding hydrogens is 572 g/mol. The van der Waals surface area contributed by atoms with Gasteiger partial charge in [-0.05, 0) is 79.1 Å². The predicted octanol–water partition coefficient (Wildman–Crippen LogP) is 6.49. The largest absolute Gasteiger partial charge is 0.497 e. The number of amides is 2. The van der Waals surface area contributed by atoms with Crippen LogP contribution in [0, 0.1) is 5.92 Å². The van der Waals surface area contributed by atoms with E-state index in [-0.39, 0.29) is 24.3 Å². The number of nitrogens with one attached hydrogen (secondary N) is 1. The molecule has 2 unspecified atom stereocenters. The van der Waals surface area contributed by atoms with E-state index in [1.807, 2.05) is 43.3 Å². The topological polar surface area (TPSA) is 77.1 Å². The average molecular weight is 602 g/mol. The maximum absolute atomic E-state index is 13.9. The first kappa shape index (κ1) is 27.8. The van der Waals surface area contributed by atoms with E-state index in [0.717, 1.165) is 15.6 Å². The zero-order valence-electron chi connectivity index (χ0n) is 21.7. The van der Waals surface area contributed by atoms with Gasteiger partial charge in [0.1, 0.15) is 5.75 Å². The lowest BCUT2D eigenvalue weighted by Gasteiger charge is -2.41. The maximum atomic E-state index is 13.9.